The maximum Gasteiger partial charge on any atom is 0.341 e. The summed E-state index contributed by atoms with van der Waals surface area (Å²) in [5.41, 5.74) is 0. The highest BCUT2D eigenvalue weighted by Crippen LogP contribution is 2.38. The van der Waals surface area contributed by atoms with Crippen LogP contribution in [-0.2, 0) is 19.1 Å². The number of aromatic nitrogens is 4. The van der Waals surface area contributed by atoms with E-state index < -0.39 is 18.2 Å². The number of carbonyl (C=O) groups is 2. The smallest absolute Gasteiger partial charge is 0.341 e. The molecule has 1 amide bonds. The van der Waals surface area contributed by atoms with E-state index in [4.69, 9.17) is 23.7 Å². The average molecular weight is 464 g/mol. The number of aliphatic carboxylic acids is 1. The average Bonchev–Trinajstić information content (AvgIpc) is 3.53. The topological polar surface area (TPSA) is 159 Å². The summed E-state index contributed by atoms with van der Waals surface area (Å²) in [5, 5.41) is 25.0. The predicted octanol–water partition coefficient (Wildman–Crippen LogP) is -1.50. The van der Waals surface area contributed by atoms with Crippen molar-refractivity contribution in [2.45, 2.75) is 24.3 Å². The van der Waals surface area contributed by atoms with Crippen molar-refractivity contribution in [3.8, 4) is 23.3 Å². The van der Waals surface area contributed by atoms with Crippen LogP contribution in [0.15, 0.2) is 18.2 Å². The van der Waals surface area contributed by atoms with Gasteiger partial charge in [0.15, 0.2) is 11.5 Å². The second kappa shape index (κ2) is 8.80. The third-order valence-corrected chi connectivity index (χ3v) is 6.06. The number of carbonyl (C=O) groups excluding carboxylic acids is 2. The summed E-state index contributed by atoms with van der Waals surface area (Å²) in [7, 11) is 0. The van der Waals surface area contributed by atoms with Gasteiger partial charge in [-0.1, -0.05) is 5.10 Å². The number of benzene rings is 1. The second-order valence-electron chi connectivity index (χ2n) is 7.23. The summed E-state index contributed by atoms with van der Waals surface area (Å²) in [5.74, 6) is -0.0692. The Balaban J connectivity index is 1.22. The monoisotopic (exact) mass is 464 g/mol. The van der Waals surface area contributed by atoms with Gasteiger partial charge in [-0.25, -0.2) is 0 Å². The van der Waals surface area contributed by atoms with E-state index in [0.29, 0.717) is 17.2 Å². The molecule has 32 heavy (non-hydrogen) atoms. The van der Waals surface area contributed by atoms with Crippen LogP contribution in [0.5, 0.6) is 23.3 Å². The molecule has 170 valence electrons. The van der Waals surface area contributed by atoms with Crippen molar-refractivity contribution in [2.24, 2.45) is 0 Å². The van der Waals surface area contributed by atoms with Gasteiger partial charge < -0.3 is 38.9 Å². The molecule has 3 aliphatic rings. The van der Waals surface area contributed by atoms with Gasteiger partial charge in [-0.2, -0.15) is 4.68 Å². The minimum absolute atomic E-state index is 0.00577. The molecule has 0 radical (unpaired) electrons. The number of thioether (sulfide) groups is 1. The number of rotatable bonds is 8. The number of hydrogen-bond donors (Lipinski definition) is 1. The lowest BCUT2D eigenvalue weighted by Crippen LogP contribution is -2.45. The lowest BCUT2D eigenvalue weighted by atomic mass is 10.1. The Bertz CT molecular complexity index is 1020. The Morgan fingerprint density at radius 1 is 1.19 bits per heavy atom. The van der Waals surface area contributed by atoms with Crippen LogP contribution in [0.4, 0.5) is 0 Å². The van der Waals surface area contributed by atoms with E-state index in [1.54, 1.807) is 18.2 Å². The van der Waals surface area contributed by atoms with E-state index in [0.717, 1.165) is 11.8 Å². The highest BCUT2D eigenvalue weighted by atomic mass is 32.2. The first-order valence-electron chi connectivity index (χ1n) is 9.74. The van der Waals surface area contributed by atoms with Crippen molar-refractivity contribution in [3.05, 3.63) is 18.2 Å². The molecule has 5 rings (SSSR count). The van der Waals surface area contributed by atoms with E-state index in [2.05, 4.69) is 20.8 Å². The molecule has 2 fully saturated rings. The molecule has 0 bridgehead atoms. The molecule has 0 saturated carbocycles. The fraction of sp³-hybridized carbons (Fsp3) is 0.500. The number of hydrogen-bond acceptors (Lipinski definition) is 12. The number of nitrogens with one attached hydrogen (secondary N) is 1. The Labute approximate surface area is 185 Å². The van der Waals surface area contributed by atoms with Crippen LogP contribution in [0, 0.1) is 0 Å². The van der Waals surface area contributed by atoms with Crippen LogP contribution in [0.2, 0.25) is 0 Å². The van der Waals surface area contributed by atoms with Gasteiger partial charge in [0.25, 0.3) is 0 Å². The summed E-state index contributed by atoms with van der Waals surface area (Å²) < 4.78 is 29.7. The van der Waals surface area contributed by atoms with Gasteiger partial charge >= 0.3 is 6.01 Å². The maximum atomic E-state index is 12.1. The second-order valence-corrected chi connectivity index (χ2v) is 8.21. The number of nitrogens with zero attached hydrogens (tertiary/aromatic N) is 4. The first-order valence-corrected chi connectivity index (χ1v) is 10.9. The zero-order valence-corrected chi connectivity index (χ0v) is 17.4. The summed E-state index contributed by atoms with van der Waals surface area (Å²) in [6, 6.07) is 4.58. The van der Waals surface area contributed by atoms with Gasteiger partial charge in [-0.05, 0) is 22.6 Å². The van der Waals surface area contributed by atoms with Crippen molar-refractivity contribution < 1.29 is 38.4 Å². The standard InChI is InChI=1S/C18H19N5O8S/c24-14(6-32-7-15(25)26)19-10-4-27-17-11(5-28-16(10)17)23-18(20-21-22-23)31-9-1-2-12-13(3-9)30-8-29-12/h1-3,10-11,16-17H,4-8H2,(H,19,24)(H,25,26)/p-1/t10-,11-,16+,17+/m0/s1. The molecule has 13 nitrogen and oxygen atoms in total. The highest BCUT2D eigenvalue weighted by Gasteiger charge is 2.50. The summed E-state index contributed by atoms with van der Waals surface area (Å²) in [4.78, 5) is 22.6. The fourth-order valence-electron chi connectivity index (χ4n) is 3.79. The lowest BCUT2D eigenvalue weighted by Gasteiger charge is -2.18. The first-order chi connectivity index (χ1) is 15.6. The molecule has 0 spiro atoms. The van der Waals surface area contributed by atoms with Crippen molar-refractivity contribution in [3.63, 3.8) is 0 Å². The summed E-state index contributed by atoms with van der Waals surface area (Å²) in [6.45, 7) is 0.677. The summed E-state index contributed by atoms with van der Waals surface area (Å²) >= 11 is 0.967. The Hall–Kier alpha value is -3.10. The molecule has 1 aromatic heterocycles. The fourth-order valence-corrected chi connectivity index (χ4v) is 4.33. The quantitative estimate of drug-likeness (QED) is 0.482. The number of fused-ring (bicyclic) bond motifs is 2. The molecule has 1 N–H and O–H groups in total. The zero-order valence-electron chi connectivity index (χ0n) is 16.5. The lowest BCUT2D eigenvalue weighted by molar-refractivity contribution is -0.301. The third-order valence-electron chi connectivity index (χ3n) is 5.16. The Morgan fingerprint density at radius 3 is 2.91 bits per heavy atom. The molecule has 3 aliphatic heterocycles. The minimum atomic E-state index is -1.21. The van der Waals surface area contributed by atoms with E-state index in [1.165, 1.54) is 4.68 Å². The zero-order chi connectivity index (χ0) is 22.1. The van der Waals surface area contributed by atoms with Crippen molar-refractivity contribution in [1.29, 1.82) is 0 Å². The maximum absolute atomic E-state index is 12.1. The van der Waals surface area contributed by atoms with Gasteiger partial charge in [0.05, 0.1) is 31.0 Å². The minimum Gasteiger partial charge on any atom is -0.549 e. The molecule has 2 saturated heterocycles. The van der Waals surface area contributed by atoms with Crippen molar-refractivity contribution in [1.82, 2.24) is 25.5 Å². The Kier molecular flexibility index (Phi) is 5.71. The van der Waals surface area contributed by atoms with Gasteiger partial charge in [-0.15, -0.1) is 11.8 Å². The molecule has 4 heterocycles. The number of carboxylic acids is 1. The van der Waals surface area contributed by atoms with E-state index >= 15 is 0 Å². The molecule has 1 aromatic carbocycles. The molecule has 0 aliphatic carbocycles. The van der Waals surface area contributed by atoms with E-state index in [9.17, 15) is 14.7 Å². The van der Waals surface area contributed by atoms with Gasteiger partial charge in [0, 0.05) is 11.8 Å². The van der Waals surface area contributed by atoms with E-state index in [-0.39, 0.29) is 55.5 Å². The van der Waals surface area contributed by atoms with Crippen LogP contribution >= 0.6 is 11.8 Å². The number of carboxylic acid groups (broad SMARTS) is 1. The van der Waals surface area contributed by atoms with Gasteiger partial charge in [0.1, 0.15) is 24.0 Å². The molecule has 4 atom stereocenters. The van der Waals surface area contributed by atoms with Crippen molar-refractivity contribution >= 4 is 23.6 Å². The largest absolute Gasteiger partial charge is 0.549 e. The molecular formula is C18H18N5O8S-. The van der Waals surface area contributed by atoms with Gasteiger partial charge in [-0.3, -0.25) is 4.79 Å². The Morgan fingerprint density at radius 2 is 2.03 bits per heavy atom. The van der Waals surface area contributed by atoms with Crippen molar-refractivity contribution in [2.75, 3.05) is 31.5 Å². The van der Waals surface area contributed by atoms with Gasteiger partial charge in [0.2, 0.25) is 12.7 Å². The molecule has 2 aromatic rings. The number of amides is 1. The van der Waals surface area contributed by atoms with Crippen LogP contribution in [0.3, 0.4) is 0 Å². The first kappa shape index (κ1) is 20.8. The van der Waals surface area contributed by atoms with Crippen LogP contribution in [0.1, 0.15) is 6.04 Å². The third kappa shape index (κ3) is 4.16. The molecule has 0 unspecified atom stereocenters. The number of tetrazole rings is 1. The van der Waals surface area contributed by atoms with Crippen LogP contribution in [0.25, 0.3) is 0 Å². The molecule has 14 heteroatoms. The predicted molar refractivity (Wildman–Crippen MR) is 103 cm³/mol. The SMILES string of the molecule is O=C([O-])CSCC(=O)N[C@H]1CO[C@H]2[C@@H]1OC[C@@H]2n1nnnc1Oc1ccc2c(c1)OCO2. The highest BCUT2D eigenvalue weighted by molar-refractivity contribution is 8.00. The molecular weight excluding hydrogens is 446 g/mol. The van der Waals surface area contributed by atoms with E-state index in [1.807, 2.05) is 0 Å². The normalized spacial score (nSPS) is 25.5. The van der Waals surface area contributed by atoms with Crippen LogP contribution < -0.4 is 24.6 Å². The number of ether oxygens (including phenoxy) is 5. The van der Waals surface area contributed by atoms with Crippen LogP contribution in [-0.4, -0.2) is 81.8 Å². The summed E-state index contributed by atoms with van der Waals surface area (Å²) in [6.07, 6.45) is -0.781.